The fraction of sp³-hybridized carbons (Fsp3) is 0. The molecule has 0 fully saturated rings. The molecule has 0 aliphatic carbocycles. The highest BCUT2D eigenvalue weighted by molar-refractivity contribution is 6.14. The molecule has 0 atom stereocenters. The van der Waals surface area contributed by atoms with Gasteiger partial charge in [0.2, 0.25) is 0 Å². The van der Waals surface area contributed by atoms with E-state index in [2.05, 4.69) is 65.6 Å². The lowest BCUT2D eigenvalue weighted by atomic mass is 10.0. The zero-order chi connectivity index (χ0) is 17.5. The fourth-order valence-corrected chi connectivity index (χ4v) is 4.56. The molecule has 2 aliphatic rings. The van der Waals surface area contributed by atoms with Crippen LogP contribution < -0.4 is 10.7 Å². The maximum absolute atomic E-state index is 4.96. The first-order valence-electron chi connectivity index (χ1n) is 9.12. The van der Waals surface area contributed by atoms with E-state index in [1.165, 1.54) is 33.0 Å². The molecule has 1 aromatic heterocycles. The molecule has 27 heavy (non-hydrogen) atoms. The van der Waals surface area contributed by atoms with Crippen LogP contribution in [0.4, 0.5) is 11.4 Å². The molecule has 3 heterocycles. The van der Waals surface area contributed by atoms with Crippen LogP contribution in [0, 0.1) is 0 Å². The highest BCUT2D eigenvalue weighted by atomic mass is 14.8. The van der Waals surface area contributed by atoms with Crippen molar-refractivity contribution >= 4 is 33.2 Å². The SMILES string of the molecule is c1ccc2c(c1)N=c1c-2ccc2[nH]c3c4c(ccc3c12)=Nc1ccccc1-4. The summed E-state index contributed by atoms with van der Waals surface area (Å²) in [5, 5.41) is 4.52. The first-order chi connectivity index (χ1) is 13.4. The molecule has 3 heteroatoms. The standard InChI is InChI=1S/C24H13N3/c1-3-7-17-13(5-1)14-9-11-20-22(23(14)26-17)16-10-12-19-21(24(16)27-20)15-6-2-4-8-18(15)25-19/h1-12,27H. The fourth-order valence-electron chi connectivity index (χ4n) is 4.56. The monoisotopic (exact) mass is 343 g/mol. The van der Waals surface area contributed by atoms with Gasteiger partial charge >= 0.3 is 0 Å². The van der Waals surface area contributed by atoms with Crippen molar-refractivity contribution in [2.75, 3.05) is 0 Å². The van der Waals surface area contributed by atoms with Crippen LogP contribution >= 0.6 is 0 Å². The van der Waals surface area contributed by atoms with Gasteiger partial charge in [0, 0.05) is 38.5 Å². The number of aromatic amines is 1. The number of benzene rings is 4. The first-order valence-corrected chi connectivity index (χ1v) is 9.12. The topological polar surface area (TPSA) is 40.5 Å². The number of fused-ring (bicyclic) bond motifs is 11. The maximum atomic E-state index is 4.96. The molecule has 5 aromatic rings. The van der Waals surface area contributed by atoms with Gasteiger partial charge in [0.15, 0.2) is 0 Å². The third-order valence-electron chi connectivity index (χ3n) is 5.73. The van der Waals surface area contributed by atoms with Crippen molar-refractivity contribution in [3.63, 3.8) is 0 Å². The zero-order valence-electron chi connectivity index (χ0n) is 14.3. The van der Waals surface area contributed by atoms with E-state index in [1.807, 2.05) is 12.1 Å². The Morgan fingerprint density at radius 1 is 0.630 bits per heavy atom. The number of aromatic nitrogens is 1. The first kappa shape index (κ1) is 13.5. The van der Waals surface area contributed by atoms with Crippen molar-refractivity contribution < 1.29 is 0 Å². The van der Waals surface area contributed by atoms with Gasteiger partial charge in [0.25, 0.3) is 0 Å². The molecule has 1 N–H and O–H groups in total. The van der Waals surface area contributed by atoms with Crippen LogP contribution in [-0.4, -0.2) is 4.98 Å². The van der Waals surface area contributed by atoms with Gasteiger partial charge in [-0.3, -0.25) is 0 Å². The molecule has 0 saturated carbocycles. The second-order valence-corrected chi connectivity index (χ2v) is 7.15. The molecule has 124 valence electrons. The number of hydrogen-bond acceptors (Lipinski definition) is 2. The summed E-state index contributed by atoms with van der Waals surface area (Å²) in [7, 11) is 0. The van der Waals surface area contributed by atoms with Crippen molar-refractivity contribution in [1.29, 1.82) is 0 Å². The Morgan fingerprint density at radius 3 is 2.30 bits per heavy atom. The van der Waals surface area contributed by atoms with E-state index in [-0.39, 0.29) is 0 Å². The van der Waals surface area contributed by atoms with E-state index in [1.54, 1.807) is 0 Å². The van der Waals surface area contributed by atoms with Crippen LogP contribution in [-0.2, 0) is 0 Å². The lowest BCUT2D eigenvalue weighted by Crippen LogP contribution is -2.03. The summed E-state index contributed by atoms with van der Waals surface area (Å²) in [5.74, 6) is 0. The average Bonchev–Trinajstić information content (AvgIpc) is 3.37. The van der Waals surface area contributed by atoms with Crippen molar-refractivity contribution in [2.24, 2.45) is 9.98 Å². The number of H-pyrrole nitrogens is 1. The lowest BCUT2D eigenvalue weighted by molar-refractivity contribution is 1.42. The van der Waals surface area contributed by atoms with Crippen LogP contribution in [0.5, 0.6) is 0 Å². The highest BCUT2D eigenvalue weighted by Crippen LogP contribution is 2.39. The van der Waals surface area contributed by atoms with Gasteiger partial charge < -0.3 is 4.98 Å². The van der Waals surface area contributed by atoms with Crippen molar-refractivity contribution in [1.82, 2.24) is 4.98 Å². The quantitative estimate of drug-likeness (QED) is 0.394. The van der Waals surface area contributed by atoms with E-state index in [0.29, 0.717) is 0 Å². The Bertz CT molecular complexity index is 1570. The Labute approximate surface area is 154 Å². The second kappa shape index (κ2) is 4.51. The van der Waals surface area contributed by atoms with Crippen molar-refractivity contribution in [2.45, 2.75) is 0 Å². The van der Waals surface area contributed by atoms with Crippen molar-refractivity contribution in [3.8, 4) is 22.3 Å². The molecular weight excluding hydrogens is 330 g/mol. The molecule has 0 saturated heterocycles. The summed E-state index contributed by atoms with van der Waals surface area (Å²) in [4.78, 5) is 13.4. The third kappa shape index (κ3) is 1.57. The average molecular weight is 343 g/mol. The van der Waals surface area contributed by atoms with Crippen LogP contribution in [0.2, 0.25) is 0 Å². The molecule has 0 radical (unpaired) electrons. The Kier molecular flexibility index (Phi) is 2.25. The molecule has 4 aromatic carbocycles. The smallest absolute Gasteiger partial charge is 0.0816 e. The highest BCUT2D eigenvalue weighted by Gasteiger charge is 2.21. The van der Waals surface area contributed by atoms with E-state index in [9.17, 15) is 0 Å². The minimum Gasteiger partial charge on any atom is -0.354 e. The molecular formula is C24H13N3. The van der Waals surface area contributed by atoms with Crippen LogP contribution in [0.15, 0.2) is 82.8 Å². The molecule has 7 rings (SSSR count). The number of hydrogen-bond donors (Lipinski definition) is 1. The number of nitrogens with one attached hydrogen (secondary N) is 1. The minimum absolute atomic E-state index is 1.03. The lowest BCUT2D eigenvalue weighted by Gasteiger charge is -2.00. The summed E-state index contributed by atoms with van der Waals surface area (Å²) in [5.41, 5.74) is 9.19. The van der Waals surface area contributed by atoms with Gasteiger partial charge in [-0.2, -0.15) is 0 Å². The normalized spacial score (nSPS) is 13.0. The summed E-state index contributed by atoms with van der Waals surface area (Å²) < 4.78 is 0. The van der Waals surface area contributed by atoms with Gasteiger partial charge in [0.1, 0.15) is 0 Å². The molecule has 3 nitrogen and oxygen atoms in total. The van der Waals surface area contributed by atoms with E-state index < -0.39 is 0 Å². The summed E-state index contributed by atoms with van der Waals surface area (Å²) in [6.07, 6.45) is 0. The summed E-state index contributed by atoms with van der Waals surface area (Å²) in [6.45, 7) is 0. The number of rotatable bonds is 0. The van der Waals surface area contributed by atoms with Gasteiger partial charge in [-0.05, 0) is 30.3 Å². The Balaban J connectivity index is 1.67. The van der Waals surface area contributed by atoms with E-state index in [4.69, 9.17) is 9.98 Å². The molecule has 0 spiro atoms. The second-order valence-electron chi connectivity index (χ2n) is 7.15. The number of para-hydroxylation sites is 2. The van der Waals surface area contributed by atoms with Gasteiger partial charge in [0.05, 0.1) is 27.6 Å². The predicted molar refractivity (Wildman–Crippen MR) is 108 cm³/mol. The van der Waals surface area contributed by atoms with Crippen molar-refractivity contribution in [3.05, 3.63) is 83.5 Å². The Morgan fingerprint density at radius 2 is 1.41 bits per heavy atom. The van der Waals surface area contributed by atoms with Crippen LogP contribution in [0.1, 0.15) is 0 Å². The van der Waals surface area contributed by atoms with Gasteiger partial charge in [-0.15, -0.1) is 0 Å². The minimum atomic E-state index is 1.03. The van der Waals surface area contributed by atoms with E-state index in [0.717, 1.165) is 33.1 Å². The van der Waals surface area contributed by atoms with Gasteiger partial charge in [-0.25, -0.2) is 9.98 Å². The molecule has 0 unspecified atom stereocenters. The maximum Gasteiger partial charge on any atom is 0.0816 e. The third-order valence-corrected chi connectivity index (χ3v) is 5.73. The predicted octanol–water partition coefficient (Wildman–Crippen LogP) is 5.18. The number of nitrogens with zero attached hydrogens (tertiary/aromatic N) is 2. The Hall–Kier alpha value is -3.72. The molecule has 0 amide bonds. The zero-order valence-corrected chi connectivity index (χ0v) is 14.3. The summed E-state index contributed by atoms with van der Waals surface area (Å²) in [6, 6.07) is 25.4. The van der Waals surface area contributed by atoms with Crippen LogP contribution in [0.3, 0.4) is 0 Å². The van der Waals surface area contributed by atoms with E-state index >= 15 is 0 Å². The summed E-state index contributed by atoms with van der Waals surface area (Å²) >= 11 is 0. The van der Waals surface area contributed by atoms with Crippen LogP contribution in [0.25, 0.3) is 44.1 Å². The largest absolute Gasteiger partial charge is 0.354 e. The molecule has 2 aliphatic heterocycles. The van der Waals surface area contributed by atoms with Gasteiger partial charge in [-0.1, -0.05) is 42.5 Å². The molecule has 0 bridgehead atoms.